The second-order valence-corrected chi connectivity index (χ2v) is 5.58. The average Bonchev–Trinajstić information content (AvgIpc) is 2.41. The topological polar surface area (TPSA) is 127 Å². The van der Waals surface area contributed by atoms with Crippen molar-refractivity contribution < 1.29 is 29.7 Å². The van der Waals surface area contributed by atoms with Crippen LogP contribution >= 0.6 is 0 Å². The molecule has 8 nitrogen and oxygen atoms in total. The summed E-state index contributed by atoms with van der Waals surface area (Å²) in [5, 5.41) is 27.4. The summed E-state index contributed by atoms with van der Waals surface area (Å²) in [6, 6.07) is 0. The van der Waals surface area contributed by atoms with Crippen molar-refractivity contribution in [2.24, 2.45) is 5.92 Å². The number of aliphatic carboxylic acids is 2. The Morgan fingerprint density at radius 2 is 1.64 bits per heavy atom. The van der Waals surface area contributed by atoms with Crippen molar-refractivity contribution in [1.82, 2.24) is 10.2 Å². The van der Waals surface area contributed by atoms with Crippen molar-refractivity contribution >= 4 is 17.8 Å². The molecule has 4 N–H and O–H groups in total. The minimum atomic E-state index is -1.82. The van der Waals surface area contributed by atoms with Crippen LogP contribution in [0.25, 0.3) is 0 Å². The van der Waals surface area contributed by atoms with Gasteiger partial charge in [0.25, 0.3) is 0 Å². The van der Waals surface area contributed by atoms with Crippen LogP contribution in [0.4, 0.5) is 0 Å². The number of rotatable bonds is 5. The van der Waals surface area contributed by atoms with Crippen LogP contribution in [0.1, 0.15) is 32.1 Å². The molecule has 0 radical (unpaired) electrons. The van der Waals surface area contributed by atoms with Gasteiger partial charge in [0.1, 0.15) is 0 Å². The van der Waals surface area contributed by atoms with Crippen molar-refractivity contribution in [3.8, 4) is 0 Å². The van der Waals surface area contributed by atoms with Gasteiger partial charge in [-0.2, -0.15) is 0 Å². The van der Waals surface area contributed by atoms with E-state index in [0.29, 0.717) is 13.0 Å². The second-order valence-electron chi connectivity index (χ2n) is 5.58. The minimum Gasteiger partial charge on any atom is -0.473 e. The molecule has 2 unspecified atom stereocenters. The highest BCUT2D eigenvalue weighted by atomic mass is 16.4. The zero-order chi connectivity index (χ0) is 17.1. The fourth-order valence-corrected chi connectivity index (χ4v) is 2.16. The lowest BCUT2D eigenvalue weighted by molar-refractivity contribution is -0.159. The number of aliphatic hydroxyl groups is 1. The number of carboxylic acid groups (broad SMARTS) is 2. The number of nitrogens with zero attached hydrogens (tertiary/aromatic N) is 1. The fourth-order valence-electron chi connectivity index (χ4n) is 2.16. The van der Waals surface area contributed by atoms with Crippen LogP contribution in [0.2, 0.25) is 0 Å². The largest absolute Gasteiger partial charge is 0.473 e. The lowest BCUT2D eigenvalue weighted by Crippen LogP contribution is -2.35. The molecule has 128 valence electrons. The van der Waals surface area contributed by atoms with Crippen LogP contribution in [0.3, 0.4) is 0 Å². The molecule has 0 aromatic heterocycles. The van der Waals surface area contributed by atoms with Gasteiger partial charge in [-0.25, -0.2) is 9.59 Å². The summed E-state index contributed by atoms with van der Waals surface area (Å²) in [7, 11) is 3.97. The summed E-state index contributed by atoms with van der Waals surface area (Å²) < 4.78 is 0. The molecule has 0 aromatic carbocycles. The molecule has 8 heteroatoms. The highest BCUT2D eigenvalue weighted by Crippen LogP contribution is 2.26. The summed E-state index contributed by atoms with van der Waals surface area (Å²) in [5.74, 6) is -3.40. The van der Waals surface area contributed by atoms with Crippen LogP contribution in [0.5, 0.6) is 0 Å². The molecule has 1 aliphatic rings. The van der Waals surface area contributed by atoms with Gasteiger partial charge in [-0.15, -0.1) is 0 Å². The van der Waals surface area contributed by atoms with Gasteiger partial charge in [0, 0.05) is 19.5 Å². The highest BCUT2D eigenvalue weighted by molar-refractivity contribution is 6.27. The number of amides is 1. The minimum absolute atomic E-state index is 0.0767. The van der Waals surface area contributed by atoms with Crippen LogP contribution in [0, 0.1) is 5.92 Å². The number of carboxylic acids is 2. The second kappa shape index (κ2) is 11.0. The van der Waals surface area contributed by atoms with Crippen LogP contribution in [-0.4, -0.2) is 71.4 Å². The lowest BCUT2D eigenvalue weighted by atomic mass is 9.84. The van der Waals surface area contributed by atoms with Gasteiger partial charge in [-0.1, -0.05) is 12.8 Å². The SMILES string of the molecule is CN(C)CCNC(=O)CC1CCCCC1O.O=C(O)C(=O)O. The molecule has 0 aliphatic heterocycles. The van der Waals surface area contributed by atoms with Gasteiger partial charge < -0.3 is 25.5 Å². The predicted octanol–water partition coefficient (Wildman–Crippen LogP) is -0.239. The van der Waals surface area contributed by atoms with E-state index >= 15 is 0 Å². The van der Waals surface area contributed by atoms with Gasteiger partial charge in [-0.05, 0) is 32.9 Å². The van der Waals surface area contributed by atoms with E-state index < -0.39 is 11.9 Å². The van der Waals surface area contributed by atoms with E-state index in [1.54, 1.807) is 0 Å². The van der Waals surface area contributed by atoms with E-state index in [1.165, 1.54) is 0 Å². The molecule has 0 bridgehead atoms. The van der Waals surface area contributed by atoms with Crippen molar-refractivity contribution in [2.75, 3.05) is 27.2 Å². The quantitative estimate of drug-likeness (QED) is 0.515. The molecule has 1 rings (SSSR count). The molecule has 1 aliphatic carbocycles. The monoisotopic (exact) mass is 318 g/mol. The summed E-state index contributed by atoms with van der Waals surface area (Å²) >= 11 is 0. The van der Waals surface area contributed by atoms with Gasteiger partial charge in [0.15, 0.2) is 0 Å². The summed E-state index contributed by atoms with van der Waals surface area (Å²) in [6.07, 6.45) is 4.30. The van der Waals surface area contributed by atoms with Crippen molar-refractivity contribution in [3.63, 3.8) is 0 Å². The van der Waals surface area contributed by atoms with E-state index in [0.717, 1.165) is 32.2 Å². The summed E-state index contributed by atoms with van der Waals surface area (Å²) in [5.41, 5.74) is 0. The molecule has 0 saturated heterocycles. The molecule has 1 saturated carbocycles. The van der Waals surface area contributed by atoms with E-state index in [4.69, 9.17) is 19.8 Å². The lowest BCUT2D eigenvalue weighted by Gasteiger charge is -2.27. The van der Waals surface area contributed by atoms with E-state index in [2.05, 4.69) is 5.32 Å². The molecule has 0 spiro atoms. The molecular weight excluding hydrogens is 292 g/mol. The maximum Gasteiger partial charge on any atom is 0.414 e. The van der Waals surface area contributed by atoms with Gasteiger partial charge in [0.2, 0.25) is 5.91 Å². The number of hydrogen-bond donors (Lipinski definition) is 4. The highest BCUT2D eigenvalue weighted by Gasteiger charge is 2.24. The Bertz CT molecular complexity index is 360. The Morgan fingerprint density at radius 1 is 1.09 bits per heavy atom. The Balaban J connectivity index is 0.000000626. The van der Waals surface area contributed by atoms with Gasteiger partial charge in [0.05, 0.1) is 6.10 Å². The molecular formula is C14H26N2O6. The van der Waals surface area contributed by atoms with Crippen LogP contribution in [0.15, 0.2) is 0 Å². The number of likely N-dealkylation sites (N-methyl/N-ethyl adjacent to an activating group) is 1. The maximum atomic E-state index is 11.6. The fraction of sp³-hybridized carbons (Fsp3) is 0.786. The van der Waals surface area contributed by atoms with Crippen molar-refractivity contribution in [2.45, 2.75) is 38.2 Å². The average molecular weight is 318 g/mol. The third-order valence-corrected chi connectivity index (χ3v) is 3.38. The number of carbonyl (C=O) groups is 3. The molecule has 1 amide bonds. The van der Waals surface area contributed by atoms with Crippen LogP contribution < -0.4 is 5.32 Å². The third kappa shape index (κ3) is 10.1. The predicted molar refractivity (Wildman–Crippen MR) is 79.4 cm³/mol. The molecule has 22 heavy (non-hydrogen) atoms. The van der Waals surface area contributed by atoms with Gasteiger partial charge in [-0.3, -0.25) is 4.79 Å². The number of aliphatic hydroxyl groups excluding tert-OH is 1. The Kier molecular flexibility index (Phi) is 10.1. The number of hydrogen-bond acceptors (Lipinski definition) is 5. The van der Waals surface area contributed by atoms with Gasteiger partial charge >= 0.3 is 11.9 Å². The first-order chi connectivity index (χ1) is 10.2. The Labute approximate surface area is 130 Å². The molecule has 0 aromatic rings. The normalized spacial score (nSPS) is 20.7. The molecule has 1 fully saturated rings. The third-order valence-electron chi connectivity index (χ3n) is 3.38. The van der Waals surface area contributed by atoms with Crippen molar-refractivity contribution in [3.05, 3.63) is 0 Å². The Hall–Kier alpha value is -1.67. The van der Waals surface area contributed by atoms with E-state index in [9.17, 15) is 9.90 Å². The Morgan fingerprint density at radius 3 is 2.09 bits per heavy atom. The smallest absolute Gasteiger partial charge is 0.414 e. The van der Waals surface area contributed by atoms with Crippen LogP contribution in [-0.2, 0) is 14.4 Å². The number of nitrogens with one attached hydrogen (secondary N) is 1. The van der Waals surface area contributed by atoms with E-state index in [-0.39, 0.29) is 17.9 Å². The first-order valence-electron chi connectivity index (χ1n) is 7.29. The summed E-state index contributed by atoms with van der Waals surface area (Å²) in [4.78, 5) is 31.8. The first kappa shape index (κ1) is 20.3. The van der Waals surface area contributed by atoms with E-state index in [1.807, 2.05) is 19.0 Å². The number of carbonyl (C=O) groups excluding carboxylic acids is 1. The zero-order valence-electron chi connectivity index (χ0n) is 13.1. The standard InChI is InChI=1S/C12H24N2O2.C2H2O4/c1-14(2)8-7-13-12(16)9-10-5-3-4-6-11(10)15;3-1(4)2(5)6/h10-11,15H,3-9H2,1-2H3,(H,13,16);(H,3,4)(H,5,6). The zero-order valence-corrected chi connectivity index (χ0v) is 13.1. The first-order valence-corrected chi connectivity index (χ1v) is 7.29. The molecule has 0 heterocycles. The summed E-state index contributed by atoms with van der Waals surface area (Å²) in [6.45, 7) is 1.55. The molecule has 2 atom stereocenters. The maximum absolute atomic E-state index is 11.6. The van der Waals surface area contributed by atoms with Crippen molar-refractivity contribution in [1.29, 1.82) is 0 Å².